The predicted molar refractivity (Wildman–Crippen MR) is 67.4 cm³/mol. The number of hydrogen-bond donors (Lipinski definition) is 2. The quantitative estimate of drug-likeness (QED) is 0.839. The van der Waals surface area contributed by atoms with Gasteiger partial charge in [0.15, 0.2) is 0 Å². The van der Waals surface area contributed by atoms with Crippen molar-refractivity contribution in [3.63, 3.8) is 0 Å². The van der Waals surface area contributed by atoms with E-state index in [1.165, 1.54) is 6.92 Å². The Hall–Kier alpha value is -0.910. The standard InChI is InChI=1S/C12H19NO3S/c1-9(2)11-4-6-12(7-5-11)17(15,16)13-8-10(3)14/h4-7,9-10,13-14H,8H2,1-3H3. The monoisotopic (exact) mass is 257 g/mol. The Balaban J connectivity index is 2.85. The maximum atomic E-state index is 11.8. The predicted octanol–water partition coefficient (Wildman–Crippen LogP) is 1.47. The molecule has 0 aliphatic heterocycles. The van der Waals surface area contributed by atoms with Gasteiger partial charge >= 0.3 is 0 Å². The van der Waals surface area contributed by atoms with Crippen LogP contribution in [0.3, 0.4) is 0 Å². The first kappa shape index (κ1) is 14.2. The molecule has 0 spiro atoms. The van der Waals surface area contributed by atoms with Crippen LogP contribution in [0.15, 0.2) is 29.2 Å². The van der Waals surface area contributed by atoms with Gasteiger partial charge in [0.1, 0.15) is 0 Å². The largest absolute Gasteiger partial charge is 0.392 e. The van der Waals surface area contributed by atoms with Gasteiger partial charge in [-0.2, -0.15) is 0 Å². The highest BCUT2D eigenvalue weighted by molar-refractivity contribution is 7.89. The highest BCUT2D eigenvalue weighted by Crippen LogP contribution is 2.17. The molecule has 0 radical (unpaired) electrons. The van der Waals surface area contributed by atoms with E-state index in [0.29, 0.717) is 5.92 Å². The van der Waals surface area contributed by atoms with Gasteiger partial charge in [0.05, 0.1) is 11.0 Å². The van der Waals surface area contributed by atoms with E-state index < -0.39 is 16.1 Å². The van der Waals surface area contributed by atoms with E-state index in [9.17, 15) is 8.42 Å². The van der Waals surface area contributed by atoms with Crippen LogP contribution in [0.1, 0.15) is 32.3 Å². The fourth-order valence-corrected chi connectivity index (χ4v) is 2.47. The molecule has 0 heterocycles. The Labute approximate surface area is 103 Å². The number of sulfonamides is 1. The number of aliphatic hydroxyl groups is 1. The van der Waals surface area contributed by atoms with Gasteiger partial charge < -0.3 is 5.11 Å². The lowest BCUT2D eigenvalue weighted by atomic mass is 10.0. The van der Waals surface area contributed by atoms with E-state index in [1.807, 2.05) is 12.1 Å². The van der Waals surface area contributed by atoms with Crippen LogP contribution in [0.5, 0.6) is 0 Å². The highest BCUT2D eigenvalue weighted by Gasteiger charge is 2.14. The highest BCUT2D eigenvalue weighted by atomic mass is 32.2. The van der Waals surface area contributed by atoms with Crippen LogP contribution in [0, 0.1) is 0 Å². The van der Waals surface area contributed by atoms with Crippen molar-refractivity contribution in [2.45, 2.75) is 37.7 Å². The summed E-state index contributed by atoms with van der Waals surface area (Å²) in [6.07, 6.45) is -0.695. The summed E-state index contributed by atoms with van der Waals surface area (Å²) >= 11 is 0. The van der Waals surface area contributed by atoms with Crippen LogP contribution >= 0.6 is 0 Å². The van der Waals surface area contributed by atoms with Crippen LogP contribution in [0.4, 0.5) is 0 Å². The third-order valence-corrected chi connectivity index (χ3v) is 3.87. The molecule has 1 aromatic rings. The maximum absolute atomic E-state index is 11.8. The Morgan fingerprint density at radius 1 is 1.18 bits per heavy atom. The van der Waals surface area contributed by atoms with Gasteiger partial charge in [-0.05, 0) is 30.5 Å². The summed E-state index contributed by atoms with van der Waals surface area (Å²) in [5, 5.41) is 9.05. The average molecular weight is 257 g/mol. The van der Waals surface area contributed by atoms with E-state index in [0.717, 1.165) is 5.56 Å². The van der Waals surface area contributed by atoms with E-state index in [4.69, 9.17) is 5.11 Å². The SMILES string of the molecule is CC(O)CNS(=O)(=O)c1ccc(C(C)C)cc1. The molecule has 17 heavy (non-hydrogen) atoms. The maximum Gasteiger partial charge on any atom is 0.240 e. The summed E-state index contributed by atoms with van der Waals surface area (Å²) in [4.78, 5) is 0.225. The van der Waals surface area contributed by atoms with Gasteiger partial charge in [0, 0.05) is 6.54 Å². The molecule has 96 valence electrons. The normalized spacial score (nSPS) is 13.9. The lowest BCUT2D eigenvalue weighted by Gasteiger charge is -2.10. The molecule has 5 heteroatoms. The van der Waals surface area contributed by atoms with E-state index in [-0.39, 0.29) is 11.4 Å². The second kappa shape index (κ2) is 5.62. The minimum atomic E-state index is -3.51. The molecular weight excluding hydrogens is 238 g/mol. The van der Waals surface area contributed by atoms with Gasteiger partial charge in [0.2, 0.25) is 10.0 Å². The number of nitrogens with one attached hydrogen (secondary N) is 1. The van der Waals surface area contributed by atoms with Crippen LogP contribution in [0.25, 0.3) is 0 Å². The van der Waals surface area contributed by atoms with Crippen LogP contribution in [-0.2, 0) is 10.0 Å². The van der Waals surface area contributed by atoms with Gasteiger partial charge in [-0.3, -0.25) is 0 Å². The number of rotatable bonds is 5. The number of benzene rings is 1. The lowest BCUT2D eigenvalue weighted by Crippen LogP contribution is -2.30. The zero-order chi connectivity index (χ0) is 13.1. The average Bonchev–Trinajstić information content (AvgIpc) is 2.27. The second-order valence-electron chi connectivity index (χ2n) is 4.42. The van der Waals surface area contributed by atoms with Gasteiger partial charge in [-0.15, -0.1) is 0 Å². The fourth-order valence-electron chi connectivity index (χ4n) is 1.35. The van der Waals surface area contributed by atoms with Crippen molar-refractivity contribution >= 4 is 10.0 Å². The van der Waals surface area contributed by atoms with Crippen molar-refractivity contribution in [3.05, 3.63) is 29.8 Å². The van der Waals surface area contributed by atoms with Crippen LogP contribution in [0.2, 0.25) is 0 Å². The molecule has 0 aromatic heterocycles. The summed E-state index contributed by atoms with van der Waals surface area (Å²) in [6.45, 7) is 5.66. The van der Waals surface area contributed by atoms with Crippen molar-refractivity contribution < 1.29 is 13.5 Å². The van der Waals surface area contributed by atoms with Gasteiger partial charge in [-0.25, -0.2) is 13.1 Å². The first-order valence-corrected chi connectivity index (χ1v) is 7.09. The molecule has 2 N–H and O–H groups in total. The molecule has 1 atom stereocenters. The zero-order valence-electron chi connectivity index (χ0n) is 10.3. The smallest absolute Gasteiger partial charge is 0.240 e. The Bertz CT molecular complexity index is 449. The Kier molecular flexibility index (Phi) is 4.68. The molecule has 0 amide bonds. The van der Waals surface area contributed by atoms with Crippen molar-refractivity contribution in [1.82, 2.24) is 4.72 Å². The van der Waals surface area contributed by atoms with Crippen molar-refractivity contribution in [2.75, 3.05) is 6.54 Å². The summed E-state index contributed by atoms with van der Waals surface area (Å²) < 4.78 is 25.9. The van der Waals surface area contributed by atoms with Crippen LogP contribution in [-0.4, -0.2) is 26.2 Å². The Morgan fingerprint density at radius 3 is 2.12 bits per heavy atom. The summed E-state index contributed by atoms with van der Waals surface area (Å²) in [5.41, 5.74) is 1.10. The molecule has 0 saturated carbocycles. The second-order valence-corrected chi connectivity index (χ2v) is 6.19. The lowest BCUT2D eigenvalue weighted by molar-refractivity contribution is 0.198. The molecule has 0 bridgehead atoms. The summed E-state index contributed by atoms with van der Waals surface area (Å²) in [7, 11) is -3.51. The van der Waals surface area contributed by atoms with Gasteiger partial charge in [-0.1, -0.05) is 26.0 Å². The van der Waals surface area contributed by atoms with E-state index >= 15 is 0 Å². The molecule has 1 aromatic carbocycles. The zero-order valence-corrected chi connectivity index (χ0v) is 11.2. The van der Waals surface area contributed by atoms with Gasteiger partial charge in [0.25, 0.3) is 0 Å². The number of hydrogen-bond acceptors (Lipinski definition) is 3. The molecule has 4 nitrogen and oxygen atoms in total. The minimum absolute atomic E-state index is 0.0221. The number of aliphatic hydroxyl groups excluding tert-OH is 1. The topological polar surface area (TPSA) is 66.4 Å². The minimum Gasteiger partial charge on any atom is -0.392 e. The van der Waals surface area contributed by atoms with Crippen molar-refractivity contribution in [2.24, 2.45) is 0 Å². The third-order valence-electron chi connectivity index (χ3n) is 2.43. The molecule has 1 unspecified atom stereocenters. The molecule has 0 saturated heterocycles. The molecule has 0 fully saturated rings. The van der Waals surface area contributed by atoms with Crippen LogP contribution < -0.4 is 4.72 Å². The van der Waals surface area contributed by atoms with Crippen molar-refractivity contribution in [1.29, 1.82) is 0 Å². The summed E-state index contributed by atoms with van der Waals surface area (Å²) in [6, 6.07) is 6.78. The molecule has 0 aliphatic rings. The first-order chi connectivity index (χ1) is 7.83. The Morgan fingerprint density at radius 2 is 1.71 bits per heavy atom. The first-order valence-electron chi connectivity index (χ1n) is 5.60. The molecule has 0 aliphatic carbocycles. The van der Waals surface area contributed by atoms with Crippen molar-refractivity contribution in [3.8, 4) is 0 Å². The molecule has 1 rings (SSSR count). The van der Waals surface area contributed by atoms with E-state index in [1.54, 1.807) is 12.1 Å². The molecular formula is C12H19NO3S. The van der Waals surface area contributed by atoms with E-state index in [2.05, 4.69) is 18.6 Å². The fraction of sp³-hybridized carbons (Fsp3) is 0.500. The summed E-state index contributed by atoms with van der Waals surface area (Å²) in [5.74, 6) is 0.372. The third kappa shape index (κ3) is 4.11.